The highest BCUT2D eigenvalue weighted by molar-refractivity contribution is 6.60. The summed E-state index contributed by atoms with van der Waals surface area (Å²) in [6.45, 7) is 6.78. The van der Waals surface area contributed by atoms with Gasteiger partial charge in [0.15, 0.2) is 0 Å². The second kappa shape index (κ2) is 10.1. The predicted molar refractivity (Wildman–Crippen MR) is 101 cm³/mol. The van der Waals surface area contributed by atoms with Gasteiger partial charge in [0, 0.05) is 6.42 Å². The summed E-state index contributed by atoms with van der Waals surface area (Å²) in [5.41, 5.74) is -0.355. The summed E-state index contributed by atoms with van der Waals surface area (Å²) in [6, 6.07) is 3.15. The van der Waals surface area contributed by atoms with Crippen molar-refractivity contribution in [2.75, 3.05) is 13.7 Å². The Balaban J connectivity index is 3.11. The van der Waals surface area contributed by atoms with Crippen molar-refractivity contribution in [3.8, 4) is 0 Å². The van der Waals surface area contributed by atoms with Crippen molar-refractivity contribution in [3.63, 3.8) is 0 Å². The Bertz CT molecular complexity index is 714. The minimum Gasteiger partial charge on any atom is -0.467 e. The monoisotopic (exact) mass is 395 g/mol. The number of ether oxygens (including phenoxy) is 3. The predicted octanol–water partition coefficient (Wildman–Crippen LogP) is 0.152. The van der Waals surface area contributed by atoms with E-state index in [0.29, 0.717) is 5.56 Å². The first-order valence-corrected chi connectivity index (χ1v) is 8.72. The van der Waals surface area contributed by atoms with Crippen LogP contribution in [0.4, 0.5) is 4.79 Å². The first-order valence-electron chi connectivity index (χ1n) is 8.72. The van der Waals surface area contributed by atoms with Crippen LogP contribution < -0.4 is 10.8 Å². The molecule has 1 aromatic carbocycles. The second-order valence-corrected chi connectivity index (χ2v) is 6.94. The third kappa shape index (κ3) is 7.20. The maximum atomic E-state index is 12.1. The number of alkyl carbamates (subject to hydrolysis) is 1. The van der Waals surface area contributed by atoms with Crippen LogP contribution in [0.2, 0.25) is 0 Å². The number of hydrogen-bond acceptors (Lipinski definition) is 8. The van der Waals surface area contributed by atoms with Crippen LogP contribution in [-0.4, -0.2) is 60.6 Å². The largest absolute Gasteiger partial charge is 0.489 e. The molecule has 3 N–H and O–H groups in total. The van der Waals surface area contributed by atoms with Gasteiger partial charge < -0.3 is 29.6 Å². The lowest BCUT2D eigenvalue weighted by Gasteiger charge is -2.23. The molecule has 0 aromatic heterocycles. The number of carbonyl (C=O) groups is 3. The first kappa shape index (κ1) is 23.5. The second-order valence-electron chi connectivity index (χ2n) is 6.94. The van der Waals surface area contributed by atoms with Crippen LogP contribution in [0.3, 0.4) is 0 Å². The Hall–Kier alpha value is -2.59. The van der Waals surface area contributed by atoms with E-state index in [4.69, 9.17) is 14.2 Å². The van der Waals surface area contributed by atoms with E-state index < -0.39 is 36.8 Å². The molecule has 9 nitrogen and oxygen atoms in total. The van der Waals surface area contributed by atoms with E-state index in [1.807, 2.05) is 0 Å². The van der Waals surface area contributed by atoms with Crippen molar-refractivity contribution in [2.24, 2.45) is 0 Å². The van der Waals surface area contributed by atoms with Gasteiger partial charge in [-0.15, -0.1) is 0 Å². The minimum absolute atomic E-state index is 0.0138. The highest BCUT2D eigenvalue weighted by Gasteiger charge is 2.27. The molecule has 0 fully saturated rings. The van der Waals surface area contributed by atoms with Crippen LogP contribution in [0.25, 0.3) is 0 Å². The fourth-order valence-corrected chi connectivity index (χ4v) is 2.36. The molecule has 0 saturated carbocycles. The summed E-state index contributed by atoms with van der Waals surface area (Å²) < 4.78 is 14.8. The van der Waals surface area contributed by atoms with Crippen LogP contribution in [0, 0.1) is 0 Å². The van der Waals surface area contributed by atoms with E-state index >= 15 is 0 Å². The number of nitrogens with one attached hydrogen (secondary N) is 1. The zero-order valence-corrected chi connectivity index (χ0v) is 16.6. The van der Waals surface area contributed by atoms with Gasteiger partial charge in [0.2, 0.25) is 0 Å². The average molecular weight is 395 g/mol. The lowest BCUT2D eigenvalue weighted by Crippen LogP contribution is -2.45. The van der Waals surface area contributed by atoms with Crippen LogP contribution >= 0.6 is 0 Å². The molecule has 28 heavy (non-hydrogen) atoms. The number of esters is 2. The third-order valence-electron chi connectivity index (χ3n) is 3.51. The summed E-state index contributed by atoms with van der Waals surface area (Å²) in [4.78, 5) is 36.2. The Morgan fingerprint density at radius 2 is 1.86 bits per heavy atom. The molecule has 0 aliphatic carbocycles. The molecule has 10 heteroatoms. The molecule has 1 amide bonds. The van der Waals surface area contributed by atoms with Crippen molar-refractivity contribution in [1.29, 1.82) is 0 Å². The minimum atomic E-state index is -1.87. The summed E-state index contributed by atoms with van der Waals surface area (Å²) in [7, 11) is -0.689. The number of methoxy groups -OCH3 is 1. The molecule has 1 atom stereocenters. The summed E-state index contributed by atoms with van der Waals surface area (Å²) in [5.74, 6) is -1.43. The standard InChI is InChI=1S/C18H26BNO8/c1-6-27-15(21)12-9-11(7-8-13(12)19(24)25)10-14(16(22)26-5)20-17(23)28-18(2,3)4/h7-9,14,24-25H,6,10H2,1-5H3,(H,20,23)/t14-/m0/s1. The van der Waals surface area contributed by atoms with Gasteiger partial charge in [-0.3, -0.25) is 0 Å². The molecule has 1 aromatic rings. The Morgan fingerprint density at radius 1 is 1.21 bits per heavy atom. The number of rotatable bonds is 7. The van der Waals surface area contributed by atoms with Gasteiger partial charge >= 0.3 is 25.2 Å². The quantitative estimate of drug-likeness (QED) is 0.338. The van der Waals surface area contributed by atoms with Crippen LogP contribution in [0.5, 0.6) is 0 Å². The Kier molecular flexibility index (Phi) is 8.46. The lowest BCUT2D eigenvalue weighted by molar-refractivity contribution is -0.143. The topological polar surface area (TPSA) is 131 Å². The number of amides is 1. The van der Waals surface area contributed by atoms with Gasteiger partial charge in [0.1, 0.15) is 11.6 Å². The van der Waals surface area contributed by atoms with Crippen molar-refractivity contribution < 1.29 is 38.6 Å². The fourth-order valence-electron chi connectivity index (χ4n) is 2.36. The van der Waals surface area contributed by atoms with E-state index in [0.717, 1.165) is 0 Å². The van der Waals surface area contributed by atoms with E-state index in [-0.39, 0.29) is 24.1 Å². The van der Waals surface area contributed by atoms with E-state index in [1.54, 1.807) is 27.7 Å². The normalized spacial score (nSPS) is 12.0. The van der Waals surface area contributed by atoms with Crippen LogP contribution in [-0.2, 0) is 25.4 Å². The van der Waals surface area contributed by atoms with E-state index in [2.05, 4.69) is 5.32 Å². The van der Waals surface area contributed by atoms with Gasteiger partial charge in [0.25, 0.3) is 0 Å². The van der Waals surface area contributed by atoms with E-state index in [9.17, 15) is 24.4 Å². The smallest absolute Gasteiger partial charge is 0.467 e. The van der Waals surface area contributed by atoms with Crippen LogP contribution in [0.1, 0.15) is 43.6 Å². The maximum Gasteiger partial charge on any atom is 0.489 e. The molecular formula is C18H26BNO8. The molecule has 0 heterocycles. The highest BCUT2D eigenvalue weighted by Crippen LogP contribution is 2.11. The van der Waals surface area contributed by atoms with Crippen molar-refractivity contribution in [1.82, 2.24) is 5.32 Å². The van der Waals surface area contributed by atoms with Crippen molar-refractivity contribution in [3.05, 3.63) is 29.3 Å². The van der Waals surface area contributed by atoms with Crippen LogP contribution in [0.15, 0.2) is 18.2 Å². The summed E-state index contributed by atoms with van der Waals surface area (Å²) >= 11 is 0. The molecule has 0 radical (unpaired) electrons. The molecule has 1 rings (SSSR count). The van der Waals surface area contributed by atoms with Crippen molar-refractivity contribution >= 4 is 30.6 Å². The molecular weight excluding hydrogens is 369 g/mol. The zero-order valence-electron chi connectivity index (χ0n) is 16.6. The summed E-state index contributed by atoms with van der Waals surface area (Å²) in [5, 5.41) is 21.3. The maximum absolute atomic E-state index is 12.1. The molecule has 0 spiro atoms. The Morgan fingerprint density at radius 3 is 2.36 bits per heavy atom. The van der Waals surface area contributed by atoms with Gasteiger partial charge in [-0.2, -0.15) is 0 Å². The van der Waals surface area contributed by atoms with Gasteiger partial charge in [-0.1, -0.05) is 12.1 Å². The first-order chi connectivity index (χ1) is 13.0. The van der Waals surface area contributed by atoms with Gasteiger partial charge in [-0.25, -0.2) is 14.4 Å². The molecule has 0 aliphatic rings. The fraction of sp³-hybridized carbons (Fsp3) is 0.500. The third-order valence-corrected chi connectivity index (χ3v) is 3.51. The number of hydrogen-bond donors (Lipinski definition) is 3. The SMILES string of the molecule is CCOC(=O)c1cc(C[C@H](NC(=O)OC(C)(C)C)C(=O)OC)ccc1B(O)O. The van der Waals surface area contributed by atoms with Gasteiger partial charge in [0.05, 0.1) is 19.3 Å². The van der Waals surface area contributed by atoms with Gasteiger partial charge in [-0.05, 0) is 44.8 Å². The average Bonchev–Trinajstić information content (AvgIpc) is 2.58. The highest BCUT2D eigenvalue weighted by atomic mass is 16.6. The lowest BCUT2D eigenvalue weighted by atomic mass is 9.76. The molecule has 0 unspecified atom stereocenters. The number of benzene rings is 1. The van der Waals surface area contributed by atoms with E-state index in [1.165, 1.54) is 25.3 Å². The molecule has 0 saturated heterocycles. The zero-order chi connectivity index (χ0) is 21.5. The summed E-state index contributed by atoms with van der Waals surface area (Å²) in [6.07, 6.45) is -0.809. The molecule has 154 valence electrons. The van der Waals surface area contributed by atoms with Crippen molar-refractivity contribution in [2.45, 2.75) is 45.8 Å². The molecule has 0 bridgehead atoms. The number of carbonyl (C=O) groups excluding carboxylic acids is 3. The molecule has 0 aliphatic heterocycles. The Labute approximate surface area is 164 Å².